The Labute approximate surface area is 253 Å². The van der Waals surface area contributed by atoms with Gasteiger partial charge in [0.2, 0.25) is 23.6 Å². The fourth-order valence-corrected chi connectivity index (χ4v) is 5.33. The molecular weight excluding hydrogens is 546 g/mol. The molecule has 4 amide bonds. The molecule has 230 valence electrons. The van der Waals surface area contributed by atoms with Gasteiger partial charge in [-0.1, -0.05) is 56.3 Å². The molecule has 43 heavy (non-hydrogen) atoms. The first-order chi connectivity index (χ1) is 20.5. The molecule has 3 aliphatic rings. The first-order valence-corrected chi connectivity index (χ1v) is 14.9. The molecule has 5 atom stereocenters. The first kappa shape index (κ1) is 31.7. The smallest absolute Gasteiger partial charge is 0.247 e. The van der Waals surface area contributed by atoms with E-state index in [-0.39, 0.29) is 36.6 Å². The minimum absolute atomic E-state index is 0.113. The predicted molar refractivity (Wildman–Crippen MR) is 165 cm³/mol. The molecule has 5 unspecified atom stereocenters. The van der Waals surface area contributed by atoms with E-state index in [1.165, 1.54) is 4.90 Å². The minimum Gasteiger partial charge on any atom is -0.488 e. The number of rotatable bonds is 8. The lowest BCUT2D eigenvalue weighted by molar-refractivity contribution is -0.144. The molecule has 0 aromatic heterocycles. The lowest BCUT2D eigenvalue weighted by atomic mass is 10.0. The van der Waals surface area contributed by atoms with Crippen molar-refractivity contribution in [2.75, 3.05) is 20.6 Å². The van der Waals surface area contributed by atoms with Crippen LogP contribution in [-0.2, 0) is 25.6 Å². The molecule has 10 nitrogen and oxygen atoms in total. The molecule has 10 heteroatoms. The number of amides is 4. The Balaban J connectivity index is 1.67. The Kier molecular flexibility index (Phi) is 10.6. The molecule has 0 aliphatic carbocycles. The van der Waals surface area contributed by atoms with E-state index in [4.69, 9.17) is 4.74 Å². The number of hydrogen-bond donors (Lipinski definition) is 3. The third-order valence-electron chi connectivity index (χ3n) is 7.95. The second-order valence-electron chi connectivity index (χ2n) is 11.9. The second kappa shape index (κ2) is 14.3. The number of carbonyl (C=O) groups excluding carboxylic acids is 4. The van der Waals surface area contributed by atoms with Crippen LogP contribution >= 0.6 is 0 Å². The van der Waals surface area contributed by atoms with E-state index >= 15 is 0 Å². The Morgan fingerprint density at radius 3 is 2.37 bits per heavy atom. The van der Waals surface area contributed by atoms with Gasteiger partial charge in [0.05, 0.1) is 6.04 Å². The molecule has 0 radical (unpaired) electrons. The number of likely N-dealkylation sites (tertiary alicyclic amines) is 1. The van der Waals surface area contributed by atoms with Gasteiger partial charge in [-0.2, -0.15) is 0 Å². The SMILES string of the molecule is CC(C)CC(NC(=O)C(C)N(C)C)C(=O)N1CCC2Oc3ccc(cc3)/C=C\NC(=O)C(Cc3ccccc3)NC(=O)C21. The van der Waals surface area contributed by atoms with Crippen LogP contribution in [0.5, 0.6) is 5.75 Å². The van der Waals surface area contributed by atoms with E-state index in [1.807, 2.05) is 56.3 Å². The molecule has 2 bridgehead atoms. The summed E-state index contributed by atoms with van der Waals surface area (Å²) in [6.07, 6.45) is 3.76. The number of nitrogens with zero attached hydrogens (tertiary/aromatic N) is 2. The molecule has 3 N–H and O–H groups in total. The predicted octanol–water partition coefficient (Wildman–Crippen LogP) is 2.34. The van der Waals surface area contributed by atoms with Crippen LogP contribution in [0.4, 0.5) is 0 Å². The Morgan fingerprint density at radius 1 is 1.02 bits per heavy atom. The maximum atomic E-state index is 14.1. The highest BCUT2D eigenvalue weighted by Gasteiger charge is 2.46. The normalized spacial score (nSPS) is 22.6. The summed E-state index contributed by atoms with van der Waals surface area (Å²) in [6, 6.07) is 13.6. The summed E-state index contributed by atoms with van der Waals surface area (Å²) < 4.78 is 6.31. The summed E-state index contributed by atoms with van der Waals surface area (Å²) in [7, 11) is 3.60. The zero-order valence-electron chi connectivity index (χ0n) is 25.6. The zero-order chi connectivity index (χ0) is 31.1. The summed E-state index contributed by atoms with van der Waals surface area (Å²) in [6.45, 7) is 6.01. The quantitative estimate of drug-likeness (QED) is 0.435. The van der Waals surface area contributed by atoms with Gasteiger partial charge < -0.3 is 25.6 Å². The van der Waals surface area contributed by atoms with Crippen molar-refractivity contribution in [3.8, 4) is 5.75 Å². The van der Waals surface area contributed by atoms with Gasteiger partial charge >= 0.3 is 0 Å². The summed E-state index contributed by atoms with van der Waals surface area (Å²) in [4.78, 5) is 57.8. The zero-order valence-corrected chi connectivity index (χ0v) is 25.6. The van der Waals surface area contributed by atoms with Crippen molar-refractivity contribution in [1.29, 1.82) is 0 Å². The fourth-order valence-electron chi connectivity index (χ4n) is 5.33. The summed E-state index contributed by atoms with van der Waals surface area (Å²) in [5.41, 5.74) is 1.75. The van der Waals surface area contributed by atoms with Gasteiger partial charge in [0, 0.05) is 25.6 Å². The van der Waals surface area contributed by atoms with E-state index in [9.17, 15) is 19.2 Å². The third kappa shape index (κ3) is 8.22. The number of likely N-dealkylation sites (N-methyl/N-ethyl adjacent to an activating group) is 1. The van der Waals surface area contributed by atoms with E-state index in [1.54, 1.807) is 50.3 Å². The monoisotopic (exact) mass is 589 g/mol. The van der Waals surface area contributed by atoms with E-state index < -0.39 is 36.2 Å². The average Bonchev–Trinajstić information content (AvgIpc) is 3.39. The Hall–Kier alpha value is -4.18. The highest BCUT2D eigenvalue weighted by molar-refractivity contribution is 5.96. The third-order valence-corrected chi connectivity index (χ3v) is 7.95. The maximum Gasteiger partial charge on any atom is 0.247 e. The molecule has 0 saturated carbocycles. The number of nitrogens with one attached hydrogen (secondary N) is 3. The van der Waals surface area contributed by atoms with Gasteiger partial charge in [0.15, 0.2) is 0 Å². The molecule has 3 aliphatic heterocycles. The number of fused-ring (bicyclic) bond motifs is 7. The average molecular weight is 590 g/mol. The molecule has 2 aromatic rings. The van der Waals surface area contributed by atoms with Crippen molar-refractivity contribution in [1.82, 2.24) is 25.8 Å². The van der Waals surface area contributed by atoms with Crippen molar-refractivity contribution >= 4 is 29.7 Å². The summed E-state index contributed by atoms with van der Waals surface area (Å²) >= 11 is 0. The van der Waals surface area contributed by atoms with Gasteiger partial charge in [0.25, 0.3) is 0 Å². The Morgan fingerprint density at radius 2 is 1.72 bits per heavy atom. The molecule has 2 aromatic carbocycles. The van der Waals surface area contributed by atoms with Crippen LogP contribution < -0.4 is 20.7 Å². The van der Waals surface area contributed by atoms with Gasteiger partial charge in [-0.25, -0.2) is 0 Å². The van der Waals surface area contributed by atoms with Crippen LogP contribution in [0.3, 0.4) is 0 Å². The van der Waals surface area contributed by atoms with Gasteiger partial charge in [0.1, 0.15) is 30.0 Å². The number of carbonyl (C=O) groups is 4. The van der Waals surface area contributed by atoms with Crippen LogP contribution in [-0.4, -0.2) is 84.3 Å². The highest BCUT2D eigenvalue weighted by Crippen LogP contribution is 2.27. The molecule has 0 spiro atoms. The van der Waals surface area contributed by atoms with Gasteiger partial charge in [-0.05, 0) is 62.7 Å². The summed E-state index contributed by atoms with van der Waals surface area (Å²) in [5, 5.41) is 8.64. The van der Waals surface area contributed by atoms with Crippen molar-refractivity contribution < 1.29 is 23.9 Å². The molecular formula is C33H43N5O5. The molecule has 3 heterocycles. The van der Waals surface area contributed by atoms with E-state index in [2.05, 4.69) is 16.0 Å². The minimum atomic E-state index is -1.01. The molecule has 1 fully saturated rings. The second-order valence-corrected chi connectivity index (χ2v) is 11.9. The fraction of sp³-hybridized carbons (Fsp3) is 0.455. The highest BCUT2D eigenvalue weighted by atomic mass is 16.5. The largest absolute Gasteiger partial charge is 0.488 e. The number of ether oxygens (including phenoxy) is 1. The lowest BCUT2D eigenvalue weighted by Gasteiger charge is -2.33. The van der Waals surface area contributed by atoms with Crippen LogP contribution in [0, 0.1) is 5.92 Å². The molecule has 5 rings (SSSR count). The van der Waals surface area contributed by atoms with Gasteiger partial charge in [-0.3, -0.25) is 24.1 Å². The lowest BCUT2D eigenvalue weighted by Crippen LogP contribution is -2.60. The topological polar surface area (TPSA) is 120 Å². The molecule has 1 saturated heterocycles. The van der Waals surface area contributed by atoms with Crippen molar-refractivity contribution in [2.24, 2.45) is 5.92 Å². The van der Waals surface area contributed by atoms with Crippen molar-refractivity contribution in [3.05, 3.63) is 71.9 Å². The van der Waals surface area contributed by atoms with Crippen molar-refractivity contribution in [3.63, 3.8) is 0 Å². The standard InChI is InChI=1S/C33H43N5O5/c1-21(2)19-27(36-30(39)22(3)37(4)5)33(42)38-18-16-28-29(38)32(41)35-26(20-24-9-7-6-8-10-24)31(40)34-17-15-23-11-13-25(43-28)14-12-23/h6-15,17,21-22,26-29H,16,18-20H2,1-5H3,(H,34,40)(H,35,41)(H,36,39)/b17-15-. The van der Waals surface area contributed by atoms with E-state index in [0.29, 0.717) is 18.6 Å². The summed E-state index contributed by atoms with van der Waals surface area (Å²) in [5.74, 6) is -0.786. The number of benzene rings is 2. The van der Waals surface area contributed by atoms with Crippen LogP contribution in [0.1, 0.15) is 44.7 Å². The number of hydrogen-bond acceptors (Lipinski definition) is 6. The van der Waals surface area contributed by atoms with Crippen molar-refractivity contribution in [2.45, 2.75) is 70.3 Å². The van der Waals surface area contributed by atoms with Crippen LogP contribution in [0.2, 0.25) is 0 Å². The van der Waals surface area contributed by atoms with Crippen LogP contribution in [0.15, 0.2) is 60.8 Å². The van der Waals surface area contributed by atoms with Crippen LogP contribution in [0.25, 0.3) is 6.08 Å². The Bertz CT molecular complexity index is 1310. The van der Waals surface area contributed by atoms with Gasteiger partial charge in [-0.15, -0.1) is 0 Å². The first-order valence-electron chi connectivity index (χ1n) is 14.9. The maximum absolute atomic E-state index is 14.1. The van der Waals surface area contributed by atoms with E-state index in [0.717, 1.165) is 11.1 Å².